The molecule has 0 radical (unpaired) electrons. The van der Waals surface area contributed by atoms with Gasteiger partial charge in [-0.1, -0.05) is 31.6 Å². The maximum Gasteiger partial charge on any atom is 0.163 e. The molecule has 2 N–H and O–H groups in total. The number of ether oxygens (including phenoxy) is 1. The lowest BCUT2D eigenvalue weighted by Gasteiger charge is -2.54. The highest BCUT2D eigenvalue weighted by atomic mass is 16.5. The number of benzene rings is 1. The molecule has 0 unspecified atom stereocenters. The number of pyridine rings is 1. The highest BCUT2D eigenvalue weighted by Gasteiger charge is 2.48. The van der Waals surface area contributed by atoms with Gasteiger partial charge >= 0.3 is 0 Å². The summed E-state index contributed by atoms with van der Waals surface area (Å²) in [6, 6.07) is 12.5. The van der Waals surface area contributed by atoms with E-state index in [1.807, 2.05) is 41.2 Å². The molecule has 2 bridgehead atoms. The molecule has 2 aromatic heterocycles. The fourth-order valence-electron chi connectivity index (χ4n) is 5.73. The number of rotatable bonds is 2. The summed E-state index contributed by atoms with van der Waals surface area (Å²) in [5.74, 6) is 1.83. The Hall–Kier alpha value is -3.25. The van der Waals surface area contributed by atoms with Crippen LogP contribution in [0.3, 0.4) is 0 Å². The molecule has 3 aromatic rings. The van der Waals surface area contributed by atoms with E-state index in [-0.39, 0.29) is 5.41 Å². The molecule has 1 fully saturated rings. The number of aromatic hydroxyl groups is 1. The van der Waals surface area contributed by atoms with Gasteiger partial charge in [-0.2, -0.15) is 0 Å². The predicted octanol–water partition coefficient (Wildman–Crippen LogP) is 5.53. The van der Waals surface area contributed by atoms with Gasteiger partial charge in [0.15, 0.2) is 5.75 Å². The summed E-state index contributed by atoms with van der Waals surface area (Å²) >= 11 is 0. The molecule has 1 aromatic carbocycles. The number of hydrogen-bond donors (Lipinski definition) is 2. The number of phenolic OH excluding ortho intramolecular Hbond substituents is 1. The zero-order chi connectivity index (χ0) is 24.6. The quantitative estimate of drug-likeness (QED) is 0.480. The van der Waals surface area contributed by atoms with Crippen molar-refractivity contribution in [3.63, 3.8) is 0 Å². The Morgan fingerprint density at radius 3 is 2.97 bits per heavy atom. The third-order valence-corrected chi connectivity index (χ3v) is 8.08. The summed E-state index contributed by atoms with van der Waals surface area (Å²) in [5, 5.41) is 9.87. The first-order valence-corrected chi connectivity index (χ1v) is 12.5. The highest BCUT2D eigenvalue weighted by molar-refractivity contribution is 5.55. The van der Waals surface area contributed by atoms with Crippen LogP contribution in [0.4, 0.5) is 5.69 Å². The lowest BCUT2D eigenvalue weighted by Crippen LogP contribution is -2.57. The van der Waals surface area contributed by atoms with Crippen LogP contribution < -0.4 is 10.2 Å². The number of nitrogens with one attached hydrogen (secondary N) is 1. The molecule has 6 heteroatoms. The minimum atomic E-state index is 0.207. The molecule has 1 aliphatic carbocycles. The van der Waals surface area contributed by atoms with Crippen molar-refractivity contribution >= 4 is 5.69 Å². The third-order valence-electron chi connectivity index (χ3n) is 8.08. The summed E-state index contributed by atoms with van der Waals surface area (Å²) in [4.78, 5) is 6.66. The van der Waals surface area contributed by atoms with Crippen molar-refractivity contribution in [3.8, 4) is 11.5 Å². The Balaban J connectivity index is 0.000000156. The van der Waals surface area contributed by atoms with E-state index in [0.717, 1.165) is 36.6 Å². The van der Waals surface area contributed by atoms with Crippen LogP contribution in [-0.4, -0.2) is 38.8 Å². The second-order valence-corrected chi connectivity index (χ2v) is 10.5. The van der Waals surface area contributed by atoms with E-state index in [1.54, 1.807) is 12.4 Å². The summed E-state index contributed by atoms with van der Waals surface area (Å²) in [6.45, 7) is 11.9. The summed E-state index contributed by atoms with van der Waals surface area (Å²) in [6.07, 6.45) is 10.1. The standard InChI is InChI=1S/C19H27NO.C10H9N3O/c1-13(2)7-9-20-10-8-19(4)14(3)18(20)11-15-5-6-16(21)12-17(15)19;1-2-8-7-14-10-6-11-4-3-9(10)12-13(8)5-1/h5-7,12,14,18,21H,8-11H2,1-4H3;1-6,12H,7H2/t14-,18+,19+;/m0./s1. The largest absolute Gasteiger partial charge is 0.508 e. The van der Waals surface area contributed by atoms with Gasteiger partial charge in [-0.25, -0.2) is 0 Å². The number of aromatic nitrogens is 2. The molecule has 0 saturated carbocycles. The molecule has 184 valence electrons. The van der Waals surface area contributed by atoms with E-state index in [4.69, 9.17) is 4.74 Å². The lowest BCUT2D eigenvalue weighted by molar-refractivity contribution is 0.0397. The first kappa shape index (κ1) is 23.5. The Bertz CT molecular complexity index is 1230. The van der Waals surface area contributed by atoms with E-state index in [9.17, 15) is 5.11 Å². The van der Waals surface area contributed by atoms with Gasteiger partial charge < -0.3 is 9.84 Å². The molecule has 35 heavy (non-hydrogen) atoms. The average molecular weight is 473 g/mol. The summed E-state index contributed by atoms with van der Waals surface area (Å²) in [5.41, 5.74) is 9.69. The number of phenols is 1. The highest BCUT2D eigenvalue weighted by Crippen LogP contribution is 2.49. The number of hydrogen-bond acceptors (Lipinski definition) is 5. The fourth-order valence-corrected chi connectivity index (χ4v) is 5.73. The van der Waals surface area contributed by atoms with Crippen molar-refractivity contribution in [1.82, 2.24) is 14.6 Å². The Labute approximate surface area is 208 Å². The van der Waals surface area contributed by atoms with Crippen LogP contribution in [0, 0.1) is 5.92 Å². The predicted molar refractivity (Wildman–Crippen MR) is 140 cm³/mol. The van der Waals surface area contributed by atoms with E-state index < -0.39 is 0 Å². The average Bonchev–Trinajstić information content (AvgIpc) is 3.20. The third kappa shape index (κ3) is 4.55. The molecule has 4 heterocycles. The first-order valence-electron chi connectivity index (χ1n) is 12.5. The van der Waals surface area contributed by atoms with Crippen molar-refractivity contribution in [2.24, 2.45) is 5.92 Å². The smallest absolute Gasteiger partial charge is 0.163 e. The van der Waals surface area contributed by atoms with Gasteiger partial charge in [0.25, 0.3) is 0 Å². The van der Waals surface area contributed by atoms with Gasteiger partial charge in [0.05, 0.1) is 17.6 Å². The lowest BCUT2D eigenvalue weighted by atomic mass is 9.59. The minimum absolute atomic E-state index is 0.207. The maximum absolute atomic E-state index is 9.87. The number of anilines is 1. The normalized spacial score (nSPS) is 24.2. The van der Waals surface area contributed by atoms with Gasteiger partial charge in [0.2, 0.25) is 0 Å². The molecule has 3 atom stereocenters. The molecule has 6 nitrogen and oxygen atoms in total. The van der Waals surface area contributed by atoms with Gasteiger partial charge in [-0.15, -0.1) is 0 Å². The second-order valence-electron chi connectivity index (χ2n) is 10.5. The van der Waals surface area contributed by atoms with Crippen molar-refractivity contribution < 1.29 is 9.84 Å². The van der Waals surface area contributed by atoms with Crippen molar-refractivity contribution in [3.05, 3.63) is 83.5 Å². The van der Waals surface area contributed by atoms with Crippen LogP contribution >= 0.6 is 0 Å². The van der Waals surface area contributed by atoms with E-state index >= 15 is 0 Å². The number of likely N-dealkylation sites (tertiary alicyclic amines) is 1. The number of piperidine rings is 1. The molecule has 1 saturated heterocycles. The van der Waals surface area contributed by atoms with Crippen LogP contribution in [0.2, 0.25) is 0 Å². The second kappa shape index (κ2) is 9.42. The molecule has 0 amide bonds. The van der Waals surface area contributed by atoms with Crippen molar-refractivity contribution in [2.75, 3.05) is 18.5 Å². The van der Waals surface area contributed by atoms with E-state index in [1.165, 1.54) is 23.1 Å². The van der Waals surface area contributed by atoms with Crippen LogP contribution in [-0.2, 0) is 18.4 Å². The summed E-state index contributed by atoms with van der Waals surface area (Å²) in [7, 11) is 0. The van der Waals surface area contributed by atoms with Crippen molar-refractivity contribution in [2.45, 2.75) is 58.6 Å². The van der Waals surface area contributed by atoms with Gasteiger partial charge in [-0.3, -0.25) is 20.0 Å². The Kier molecular flexibility index (Phi) is 6.32. The molecular weight excluding hydrogens is 436 g/mol. The summed E-state index contributed by atoms with van der Waals surface area (Å²) < 4.78 is 7.54. The van der Waals surface area contributed by atoms with Crippen LogP contribution in [0.25, 0.3) is 0 Å². The molecular formula is C29H36N4O2. The van der Waals surface area contributed by atoms with Crippen LogP contribution in [0.1, 0.15) is 50.9 Å². The number of allylic oxidation sites excluding steroid dienone is 1. The van der Waals surface area contributed by atoms with Crippen molar-refractivity contribution in [1.29, 1.82) is 0 Å². The molecule has 6 rings (SSSR count). The minimum Gasteiger partial charge on any atom is -0.508 e. The fraction of sp³-hybridized carbons (Fsp3) is 0.414. The zero-order valence-corrected chi connectivity index (χ0v) is 21.2. The zero-order valence-electron chi connectivity index (χ0n) is 21.2. The molecule has 0 spiro atoms. The van der Waals surface area contributed by atoms with E-state index in [2.05, 4.69) is 55.1 Å². The Morgan fingerprint density at radius 1 is 1.29 bits per heavy atom. The van der Waals surface area contributed by atoms with Gasteiger partial charge in [0.1, 0.15) is 12.4 Å². The van der Waals surface area contributed by atoms with Crippen LogP contribution in [0.15, 0.2) is 66.6 Å². The molecule has 3 aliphatic rings. The Morgan fingerprint density at radius 2 is 2.14 bits per heavy atom. The monoisotopic (exact) mass is 472 g/mol. The molecule has 2 aliphatic heterocycles. The van der Waals surface area contributed by atoms with Crippen LogP contribution in [0.5, 0.6) is 11.5 Å². The first-order chi connectivity index (χ1) is 16.8. The number of nitrogens with zero attached hydrogens (tertiary/aromatic N) is 3. The topological polar surface area (TPSA) is 62.5 Å². The maximum atomic E-state index is 9.87. The van der Waals surface area contributed by atoms with E-state index in [0.29, 0.717) is 24.3 Å². The van der Waals surface area contributed by atoms with Gasteiger partial charge in [-0.05, 0) is 86.0 Å². The SMILES string of the molecule is CC(C)=CCN1CC[C@@]2(C)c3cc(O)ccc3C[C@@H]1[C@@H]2C.c1cc2n(c1)Nc1ccncc1OC2. The number of fused-ring (bicyclic) bond motifs is 6. The van der Waals surface area contributed by atoms with Gasteiger partial charge in [0, 0.05) is 25.0 Å².